The maximum Gasteiger partial charge on any atom is 0.0219 e. The fourth-order valence-corrected chi connectivity index (χ4v) is 1.05. The van der Waals surface area contributed by atoms with Crippen LogP contribution in [-0.2, 0) is 0 Å². The van der Waals surface area contributed by atoms with Crippen LogP contribution in [0.15, 0.2) is 10.6 Å². The van der Waals surface area contributed by atoms with E-state index < -0.39 is 0 Å². The highest BCUT2D eigenvalue weighted by molar-refractivity contribution is 8.00. The minimum Gasteiger partial charge on any atom is -0.401 e. The molecule has 3 heteroatoms. The quantitative estimate of drug-likeness (QED) is 0.572. The molecule has 1 saturated carbocycles. The molecule has 0 aromatic carbocycles. The summed E-state index contributed by atoms with van der Waals surface area (Å²) in [7, 11) is 0. The fourth-order valence-electron chi connectivity index (χ4n) is 0.750. The van der Waals surface area contributed by atoms with Crippen molar-refractivity contribution in [2.45, 2.75) is 19.8 Å². The predicted molar refractivity (Wildman–Crippen MR) is 41.4 cm³/mol. The molecule has 0 radical (unpaired) electrons. The van der Waals surface area contributed by atoms with Crippen LogP contribution in [0.3, 0.4) is 0 Å². The largest absolute Gasteiger partial charge is 0.401 e. The Morgan fingerprint density at radius 3 is 2.44 bits per heavy atom. The van der Waals surface area contributed by atoms with E-state index in [0.29, 0.717) is 5.92 Å². The average molecular weight is 144 g/mol. The molecule has 1 fully saturated rings. The highest BCUT2D eigenvalue weighted by Crippen LogP contribution is 2.36. The van der Waals surface area contributed by atoms with Crippen LogP contribution in [0.2, 0.25) is 0 Å². The monoisotopic (exact) mass is 144 g/mol. The molecular formula is C6H12N2S. The zero-order chi connectivity index (χ0) is 6.85. The first-order chi connectivity index (χ1) is 4.25. The molecule has 0 heterocycles. The molecule has 0 saturated heterocycles. The van der Waals surface area contributed by atoms with Gasteiger partial charge in [-0.05, 0) is 25.7 Å². The molecule has 0 atom stereocenters. The lowest BCUT2D eigenvalue weighted by Gasteiger charge is -2.00. The Morgan fingerprint density at radius 2 is 2.11 bits per heavy atom. The molecule has 9 heavy (non-hydrogen) atoms. The second-order valence-electron chi connectivity index (χ2n) is 2.40. The second-order valence-corrected chi connectivity index (χ2v) is 3.25. The highest BCUT2D eigenvalue weighted by atomic mass is 32.2. The third kappa shape index (κ3) is 1.63. The summed E-state index contributed by atoms with van der Waals surface area (Å²) in [5, 5.41) is 5.32. The topological polar surface area (TPSA) is 52.0 Å². The Hall–Kier alpha value is -0.150. The molecule has 0 amide bonds. The Labute approximate surface area is 59.8 Å². The molecule has 0 aromatic heterocycles. The van der Waals surface area contributed by atoms with E-state index in [1.807, 2.05) is 6.92 Å². The predicted octanol–water partition coefficient (Wildman–Crippen LogP) is 1.19. The van der Waals surface area contributed by atoms with E-state index in [2.05, 4.69) is 0 Å². The Bertz CT molecular complexity index is 138. The molecule has 0 unspecified atom stereocenters. The third-order valence-corrected chi connectivity index (χ3v) is 2.19. The third-order valence-electron chi connectivity index (χ3n) is 1.60. The molecule has 0 spiro atoms. The first-order valence-electron chi connectivity index (χ1n) is 3.08. The average Bonchev–Trinajstić information content (AvgIpc) is 2.66. The number of rotatable bonds is 2. The van der Waals surface area contributed by atoms with E-state index in [0.717, 1.165) is 10.6 Å². The van der Waals surface area contributed by atoms with Gasteiger partial charge in [0.2, 0.25) is 0 Å². The van der Waals surface area contributed by atoms with Crippen molar-refractivity contribution in [1.82, 2.24) is 0 Å². The van der Waals surface area contributed by atoms with Gasteiger partial charge in [0.15, 0.2) is 0 Å². The molecule has 1 aliphatic rings. The molecule has 0 aliphatic heterocycles. The number of hydrogen-bond donors (Lipinski definition) is 2. The molecule has 1 rings (SSSR count). The minimum absolute atomic E-state index is 0.654. The van der Waals surface area contributed by atoms with Crippen molar-refractivity contribution >= 4 is 11.9 Å². The van der Waals surface area contributed by atoms with Crippen LogP contribution in [0, 0.1) is 5.92 Å². The number of allylic oxidation sites excluding steroid dienone is 2. The van der Waals surface area contributed by atoms with E-state index in [-0.39, 0.29) is 0 Å². The normalized spacial score (nSPS) is 21.6. The van der Waals surface area contributed by atoms with Crippen molar-refractivity contribution in [3.8, 4) is 0 Å². The van der Waals surface area contributed by atoms with Gasteiger partial charge in [0.25, 0.3) is 0 Å². The van der Waals surface area contributed by atoms with Crippen LogP contribution in [0.25, 0.3) is 0 Å². The second kappa shape index (κ2) is 2.62. The maximum absolute atomic E-state index is 5.71. The van der Waals surface area contributed by atoms with Crippen LogP contribution < -0.4 is 10.9 Å². The van der Waals surface area contributed by atoms with E-state index in [1.165, 1.54) is 24.8 Å². The van der Waals surface area contributed by atoms with Crippen molar-refractivity contribution in [3.63, 3.8) is 0 Å². The first-order valence-corrected chi connectivity index (χ1v) is 3.96. The van der Waals surface area contributed by atoms with Crippen molar-refractivity contribution in [1.29, 1.82) is 0 Å². The summed E-state index contributed by atoms with van der Waals surface area (Å²) in [6.07, 6.45) is 2.51. The molecule has 2 nitrogen and oxygen atoms in total. The van der Waals surface area contributed by atoms with Gasteiger partial charge >= 0.3 is 0 Å². The number of hydrogen-bond acceptors (Lipinski definition) is 3. The van der Waals surface area contributed by atoms with Gasteiger partial charge in [-0.2, -0.15) is 0 Å². The SMILES string of the molecule is C/C(SN)=C(/N)C1CC1. The minimum atomic E-state index is 0.654. The lowest BCUT2D eigenvalue weighted by molar-refractivity contribution is 0.969. The summed E-state index contributed by atoms with van der Waals surface area (Å²) in [6, 6.07) is 0. The van der Waals surface area contributed by atoms with Crippen LogP contribution in [0.4, 0.5) is 0 Å². The van der Waals surface area contributed by atoms with Crippen LogP contribution in [0.5, 0.6) is 0 Å². The standard InChI is InChI=1S/C6H12N2S/c1-4(9-8)6(7)5-2-3-5/h5H,2-3,7-8H2,1H3/b6-4-. The van der Waals surface area contributed by atoms with Crippen molar-refractivity contribution < 1.29 is 0 Å². The van der Waals surface area contributed by atoms with Crippen LogP contribution in [-0.4, -0.2) is 0 Å². The van der Waals surface area contributed by atoms with E-state index >= 15 is 0 Å². The molecule has 1 aliphatic carbocycles. The Balaban J connectivity index is 2.53. The Morgan fingerprint density at radius 1 is 1.56 bits per heavy atom. The molecule has 52 valence electrons. The molecule has 0 bridgehead atoms. The molecule has 0 aromatic rings. The first kappa shape index (κ1) is 6.96. The molecular weight excluding hydrogens is 132 g/mol. The Kier molecular flexibility index (Phi) is 2.03. The zero-order valence-electron chi connectivity index (χ0n) is 5.55. The molecule has 4 N–H and O–H groups in total. The van der Waals surface area contributed by atoms with E-state index in [1.54, 1.807) is 0 Å². The van der Waals surface area contributed by atoms with Gasteiger partial charge < -0.3 is 5.73 Å². The summed E-state index contributed by atoms with van der Waals surface area (Å²) in [5.74, 6) is 0.654. The van der Waals surface area contributed by atoms with E-state index in [9.17, 15) is 0 Å². The summed E-state index contributed by atoms with van der Waals surface area (Å²) < 4.78 is 0. The van der Waals surface area contributed by atoms with E-state index in [4.69, 9.17) is 10.9 Å². The smallest absolute Gasteiger partial charge is 0.0219 e. The van der Waals surface area contributed by atoms with Crippen molar-refractivity contribution in [2.75, 3.05) is 0 Å². The van der Waals surface area contributed by atoms with Gasteiger partial charge in [-0.3, -0.25) is 5.14 Å². The maximum atomic E-state index is 5.71. The van der Waals surface area contributed by atoms with Gasteiger partial charge in [0, 0.05) is 10.6 Å². The van der Waals surface area contributed by atoms with Crippen LogP contribution >= 0.6 is 11.9 Å². The van der Waals surface area contributed by atoms with Gasteiger partial charge in [-0.1, -0.05) is 11.9 Å². The lowest BCUT2D eigenvalue weighted by atomic mass is 10.3. The van der Waals surface area contributed by atoms with Crippen molar-refractivity contribution in [3.05, 3.63) is 10.6 Å². The van der Waals surface area contributed by atoms with Gasteiger partial charge in [-0.25, -0.2) is 0 Å². The van der Waals surface area contributed by atoms with Crippen LogP contribution in [0.1, 0.15) is 19.8 Å². The summed E-state index contributed by atoms with van der Waals surface area (Å²) in [4.78, 5) is 1.08. The zero-order valence-corrected chi connectivity index (χ0v) is 6.37. The summed E-state index contributed by atoms with van der Waals surface area (Å²) in [5.41, 5.74) is 6.71. The lowest BCUT2D eigenvalue weighted by Crippen LogP contribution is -2.02. The fraction of sp³-hybridized carbons (Fsp3) is 0.667. The summed E-state index contributed by atoms with van der Waals surface area (Å²) >= 11 is 1.26. The highest BCUT2D eigenvalue weighted by Gasteiger charge is 2.25. The van der Waals surface area contributed by atoms with Gasteiger partial charge in [0.05, 0.1) is 0 Å². The number of nitrogens with two attached hydrogens (primary N) is 2. The van der Waals surface area contributed by atoms with Gasteiger partial charge in [-0.15, -0.1) is 0 Å². The van der Waals surface area contributed by atoms with Gasteiger partial charge in [0.1, 0.15) is 0 Å². The summed E-state index contributed by atoms with van der Waals surface area (Å²) in [6.45, 7) is 1.97. The van der Waals surface area contributed by atoms with Crippen molar-refractivity contribution in [2.24, 2.45) is 16.8 Å².